The van der Waals surface area contributed by atoms with Crippen molar-refractivity contribution >= 4 is 28.4 Å². The molecule has 0 saturated heterocycles. The summed E-state index contributed by atoms with van der Waals surface area (Å²) in [6.07, 6.45) is 3.04. The van der Waals surface area contributed by atoms with Crippen molar-refractivity contribution < 1.29 is 9.59 Å². The first-order valence-corrected chi connectivity index (χ1v) is 8.69. The molecule has 2 aromatic carbocycles. The van der Waals surface area contributed by atoms with E-state index in [4.69, 9.17) is 0 Å². The minimum atomic E-state index is -0.0341. The first kappa shape index (κ1) is 17.7. The fourth-order valence-corrected chi connectivity index (χ4v) is 2.95. The summed E-state index contributed by atoms with van der Waals surface area (Å²) in [5.74, 6) is -0.0429. The zero-order valence-corrected chi connectivity index (χ0v) is 15.1. The van der Waals surface area contributed by atoms with Gasteiger partial charge in [-0.15, -0.1) is 0 Å². The zero-order chi connectivity index (χ0) is 18.5. The highest BCUT2D eigenvalue weighted by molar-refractivity contribution is 5.92. The van der Waals surface area contributed by atoms with Crippen LogP contribution < -0.4 is 5.32 Å². The molecule has 0 fully saturated rings. The molecule has 0 aliphatic rings. The number of amides is 2. The Bertz CT molecular complexity index is 930. The molecule has 0 radical (unpaired) electrons. The van der Waals surface area contributed by atoms with Crippen LogP contribution in [0.2, 0.25) is 0 Å². The summed E-state index contributed by atoms with van der Waals surface area (Å²) in [5.41, 5.74) is 3.90. The van der Waals surface area contributed by atoms with Crippen molar-refractivity contribution in [1.29, 1.82) is 0 Å². The normalized spacial score (nSPS) is 10.7. The van der Waals surface area contributed by atoms with Crippen LogP contribution in [0.1, 0.15) is 24.5 Å². The van der Waals surface area contributed by atoms with Gasteiger partial charge < -0.3 is 15.2 Å². The third-order valence-corrected chi connectivity index (χ3v) is 4.53. The molecule has 3 rings (SSSR count). The van der Waals surface area contributed by atoms with Crippen LogP contribution in [0.15, 0.2) is 54.7 Å². The van der Waals surface area contributed by atoms with Crippen molar-refractivity contribution in [2.75, 3.05) is 12.4 Å². The van der Waals surface area contributed by atoms with Gasteiger partial charge in [0.05, 0.1) is 0 Å². The Kier molecular flexibility index (Phi) is 5.37. The number of benzene rings is 2. The van der Waals surface area contributed by atoms with Gasteiger partial charge in [0, 0.05) is 49.7 Å². The molecule has 1 heterocycles. The molecule has 5 nitrogen and oxygen atoms in total. The molecular weight excluding hydrogens is 326 g/mol. The lowest BCUT2D eigenvalue weighted by atomic mass is 10.1. The molecule has 0 bridgehead atoms. The molecular formula is C21H23N3O2. The molecule has 0 spiro atoms. The van der Waals surface area contributed by atoms with E-state index in [1.165, 1.54) is 6.92 Å². The third-order valence-electron chi connectivity index (χ3n) is 4.53. The van der Waals surface area contributed by atoms with Crippen molar-refractivity contribution in [3.8, 4) is 0 Å². The van der Waals surface area contributed by atoms with E-state index in [9.17, 15) is 9.59 Å². The topological polar surface area (TPSA) is 65.2 Å². The second-order valence-electron chi connectivity index (χ2n) is 6.44. The molecule has 5 heteroatoms. The van der Waals surface area contributed by atoms with Crippen molar-refractivity contribution in [3.63, 3.8) is 0 Å². The highest BCUT2D eigenvalue weighted by Crippen LogP contribution is 2.20. The fourth-order valence-electron chi connectivity index (χ4n) is 2.95. The van der Waals surface area contributed by atoms with Crippen LogP contribution in [0.4, 0.5) is 5.69 Å². The van der Waals surface area contributed by atoms with E-state index >= 15 is 0 Å². The summed E-state index contributed by atoms with van der Waals surface area (Å²) in [4.78, 5) is 28.7. The molecule has 3 aromatic rings. The number of carbonyl (C=O) groups excluding carboxylic acids is 2. The van der Waals surface area contributed by atoms with Crippen LogP contribution in [0.25, 0.3) is 10.9 Å². The average molecular weight is 349 g/mol. The van der Waals surface area contributed by atoms with E-state index in [1.54, 1.807) is 11.9 Å². The Labute approximate surface area is 153 Å². The van der Waals surface area contributed by atoms with E-state index < -0.39 is 0 Å². The first-order valence-electron chi connectivity index (χ1n) is 8.69. The van der Waals surface area contributed by atoms with E-state index in [0.29, 0.717) is 19.4 Å². The first-order chi connectivity index (χ1) is 12.5. The predicted molar refractivity (Wildman–Crippen MR) is 104 cm³/mol. The van der Waals surface area contributed by atoms with Gasteiger partial charge >= 0.3 is 0 Å². The standard InChI is InChI=1S/C21H23N3O2/c1-15(25)24(2)14-17-7-3-5-9-19(17)23-21(26)12-11-16-13-22-20-10-6-4-8-18(16)20/h3-10,13,22H,11-12,14H2,1-2H3,(H,23,26). The summed E-state index contributed by atoms with van der Waals surface area (Å²) in [7, 11) is 1.75. The number of hydrogen-bond acceptors (Lipinski definition) is 2. The number of hydrogen-bond donors (Lipinski definition) is 2. The van der Waals surface area contributed by atoms with Gasteiger partial charge in [-0.2, -0.15) is 0 Å². The number of para-hydroxylation sites is 2. The summed E-state index contributed by atoms with van der Waals surface area (Å²) >= 11 is 0. The third kappa shape index (κ3) is 4.11. The summed E-state index contributed by atoms with van der Waals surface area (Å²) in [6.45, 7) is 2.00. The summed E-state index contributed by atoms with van der Waals surface area (Å²) in [6, 6.07) is 15.7. The van der Waals surface area contributed by atoms with Gasteiger partial charge in [-0.3, -0.25) is 9.59 Å². The number of anilines is 1. The Morgan fingerprint density at radius 2 is 1.77 bits per heavy atom. The maximum Gasteiger partial charge on any atom is 0.224 e. The smallest absolute Gasteiger partial charge is 0.224 e. The van der Waals surface area contributed by atoms with Crippen molar-refractivity contribution in [2.45, 2.75) is 26.3 Å². The molecule has 0 aliphatic heterocycles. The van der Waals surface area contributed by atoms with Crippen LogP contribution >= 0.6 is 0 Å². The highest BCUT2D eigenvalue weighted by Gasteiger charge is 2.11. The van der Waals surface area contributed by atoms with E-state index in [0.717, 1.165) is 27.7 Å². The second-order valence-corrected chi connectivity index (χ2v) is 6.44. The maximum absolute atomic E-state index is 12.4. The van der Waals surface area contributed by atoms with Gasteiger partial charge in [0.2, 0.25) is 11.8 Å². The Hall–Kier alpha value is -3.08. The van der Waals surface area contributed by atoms with Crippen LogP contribution in [-0.4, -0.2) is 28.7 Å². The molecule has 2 N–H and O–H groups in total. The molecule has 26 heavy (non-hydrogen) atoms. The fraction of sp³-hybridized carbons (Fsp3) is 0.238. The van der Waals surface area contributed by atoms with E-state index in [-0.39, 0.29) is 11.8 Å². The molecule has 1 aromatic heterocycles. The van der Waals surface area contributed by atoms with Gasteiger partial charge in [0.1, 0.15) is 0 Å². The van der Waals surface area contributed by atoms with Gasteiger partial charge in [-0.05, 0) is 29.7 Å². The highest BCUT2D eigenvalue weighted by atomic mass is 16.2. The van der Waals surface area contributed by atoms with E-state index in [1.807, 2.05) is 48.7 Å². The molecule has 0 atom stereocenters. The number of H-pyrrole nitrogens is 1. The van der Waals surface area contributed by atoms with Gasteiger partial charge in [0.25, 0.3) is 0 Å². The van der Waals surface area contributed by atoms with Crippen LogP contribution in [-0.2, 0) is 22.6 Å². The minimum absolute atomic E-state index is 0.00883. The van der Waals surface area contributed by atoms with Crippen molar-refractivity contribution in [1.82, 2.24) is 9.88 Å². The van der Waals surface area contributed by atoms with Gasteiger partial charge in [-0.1, -0.05) is 36.4 Å². The zero-order valence-electron chi connectivity index (χ0n) is 15.1. The lowest BCUT2D eigenvalue weighted by Crippen LogP contribution is -2.24. The van der Waals surface area contributed by atoms with Gasteiger partial charge in [-0.25, -0.2) is 0 Å². The number of aryl methyl sites for hydroxylation is 1. The minimum Gasteiger partial charge on any atom is -0.361 e. The molecule has 0 saturated carbocycles. The largest absolute Gasteiger partial charge is 0.361 e. The predicted octanol–water partition coefficient (Wildman–Crippen LogP) is 3.72. The van der Waals surface area contributed by atoms with Crippen LogP contribution in [0, 0.1) is 0 Å². The number of rotatable bonds is 6. The van der Waals surface area contributed by atoms with Crippen molar-refractivity contribution in [2.24, 2.45) is 0 Å². The van der Waals surface area contributed by atoms with E-state index in [2.05, 4.69) is 16.4 Å². The quantitative estimate of drug-likeness (QED) is 0.712. The molecule has 0 unspecified atom stereocenters. The molecule has 2 amide bonds. The second kappa shape index (κ2) is 7.87. The Morgan fingerprint density at radius 3 is 2.58 bits per heavy atom. The van der Waals surface area contributed by atoms with Gasteiger partial charge in [0.15, 0.2) is 0 Å². The molecule has 0 aliphatic carbocycles. The maximum atomic E-state index is 12.4. The lowest BCUT2D eigenvalue weighted by molar-refractivity contribution is -0.128. The summed E-state index contributed by atoms with van der Waals surface area (Å²) in [5, 5.41) is 4.13. The average Bonchev–Trinajstić information content (AvgIpc) is 3.04. The number of carbonyl (C=O) groups is 2. The lowest BCUT2D eigenvalue weighted by Gasteiger charge is -2.17. The number of aromatic amines is 1. The summed E-state index contributed by atoms with van der Waals surface area (Å²) < 4.78 is 0. The number of fused-ring (bicyclic) bond motifs is 1. The van der Waals surface area contributed by atoms with Crippen LogP contribution in [0.5, 0.6) is 0 Å². The Morgan fingerprint density at radius 1 is 1.04 bits per heavy atom. The van der Waals surface area contributed by atoms with Crippen LogP contribution in [0.3, 0.4) is 0 Å². The molecule has 134 valence electrons. The number of nitrogens with one attached hydrogen (secondary N) is 2. The SMILES string of the molecule is CC(=O)N(C)Cc1ccccc1NC(=O)CCc1c[nH]c2ccccc12. The Balaban J connectivity index is 1.64. The number of nitrogens with zero attached hydrogens (tertiary/aromatic N) is 1. The van der Waals surface area contributed by atoms with Crippen molar-refractivity contribution in [3.05, 3.63) is 65.9 Å². The monoisotopic (exact) mass is 349 g/mol. The number of aromatic nitrogens is 1.